The van der Waals surface area contributed by atoms with Crippen molar-refractivity contribution in [2.75, 3.05) is 0 Å². The Bertz CT molecular complexity index is 32.2. The van der Waals surface area contributed by atoms with Crippen LogP contribution in [0.25, 0.3) is 0 Å². The van der Waals surface area contributed by atoms with E-state index in [-0.39, 0.29) is 69.1 Å². The van der Waals surface area contributed by atoms with Crippen LogP contribution in [0, 0.1) is 41.7 Å². The van der Waals surface area contributed by atoms with Gasteiger partial charge in [0.25, 0.3) is 0 Å². The Morgan fingerprint density at radius 3 is 0.800 bits per heavy atom. The van der Waals surface area contributed by atoms with Gasteiger partial charge < -0.3 is 37.6 Å². The van der Waals surface area contributed by atoms with Crippen molar-refractivity contribution in [2.24, 2.45) is 0 Å². The number of carboxylic acid groups (broad SMARTS) is 2. The van der Waals surface area contributed by atoms with Crippen molar-refractivity contribution in [3.63, 3.8) is 0 Å². The predicted molar refractivity (Wildman–Crippen MR) is 28.7 cm³/mol. The normalized spacial score (nSPS) is 2.40. The third kappa shape index (κ3) is 2350. The SMILES string of the molecule is O.O.O.O.O.O=C(O)O.[Ce]. The molecule has 0 saturated carbocycles. The molecule has 68 valence electrons. The molecular weight excluding hydrogens is 280 g/mol. The summed E-state index contributed by atoms with van der Waals surface area (Å²) in [7, 11) is 0. The minimum atomic E-state index is -1.83. The topological polar surface area (TPSA) is 215 Å². The molecule has 0 bridgehead atoms. The molecule has 0 unspecified atom stereocenters. The van der Waals surface area contributed by atoms with E-state index in [1.54, 1.807) is 0 Å². The van der Waals surface area contributed by atoms with Gasteiger partial charge in [0.1, 0.15) is 0 Å². The molecular formula is CH12CeO8. The summed E-state index contributed by atoms with van der Waals surface area (Å²) in [4.78, 5) is 8.56. The molecule has 0 saturated heterocycles. The number of carbonyl (C=O) groups is 1. The van der Waals surface area contributed by atoms with Crippen LogP contribution < -0.4 is 0 Å². The fourth-order valence-corrected chi connectivity index (χ4v) is 0. The molecule has 0 aromatic rings. The average Bonchev–Trinajstić information content (AvgIpc) is 0.811. The second-order valence-corrected chi connectivity index (χ2v) is 0.283. The number of hydrogen-bond acceptors (Lipinski definition) is 1. The van der Waals surface area contributed by atoms with E-state index in [9.17, 15) is 0 Å². The maximum Gasteiger partial charge on any atom is 0.503 e. The van der Waals surface area contributed by atoms with Gasteiger partial charge in [-0.05, 0) is 0 Å². The van der Waals surface area contributed by atoms with E-state index in [0.29, 0.717) is 0 Å². The van der Waals surface area contributed by atoms with E-state index in [4.69, 9.17) is 15.0 Å². The Hall–Kier alpha value is 0.447. The van der Waals surface area contributed by atoms with Crippen molar-refractivity contribution in [2.45, 2.75) is 0 Å². The maximum absolute atomic E-state index is 8.56. The van der Waals surface area contributed by atoms with Crippen molar-refractivity contribution in [3.05, 3.63) is 0 Å². The second-order valence-electron chi connectivity index (χ2n) is 0.283. The van der Waals surface area contributed by atoms with Crippen molar-refractivity contribution >= 4 is 6.16 Å². The predicted octanol–water partition coefficient (Wildman–Crippen LogP) is -3.90. The summed E-state index contributed by atoms with van der Waals surface area (Å²) in [5.74, 6) is 0. The van der Waals surface area contributed by atoms with Crippen molar-refractivity contribution in [1.29, 1.82) is 0 Å². The van der Waals surface area contributed by atoms with E-state index in [1.807, 2.05) is 0 Å². The van der Waals surface area contributed by atoms with Gasteiger partial charge in [-0.3, -0.25) is 0 Å². The van der Waals surface area contributed by atoms with Gasteiger partial charge in [0, 0.05) is 41.7 Å². The largest absolute Gasteiger partial charge is 0.503 e. The van der Waals surface area contributed by atoms with Gasteiger partial charge in [-0.25, -0.2) is 4.79 Å². The molecule has 9 heteroatoms. The van der Waals surface area contributed by atoms with Crippen LogP contribution in [0.4, 0.5) is 4.79 Å². The van der Waals surface area contributed by atoms with Crippen LogP contribution in [0.5, 0.6) is 0 Å². The van der Waals surface area contributed by atoms with Crippen molar-refractivity contribution in [1.82, 2.24) is 0 Å². The molecule has 0 aliphatic heterocycles. The van der Waals surface area contributed by atoms with E-state index >= 15 is 0 Å². The molecule has 0 rings (SSSR count). The van der Waals surface area contributed by atoms with Crippen LogP contribution in [-0.4, -0.2) is 43.7 Å². The number of rotatable bonds is 0. The third-order valence-electron chi connectivity index (χ3n) is 0. The van der Waals surface area contributed by atoms with Crippen LogP contribution in [0.15, 0.2) is 0 Å². The smallest absolute Gasteiger partial charge is 0.450 e. The minimum absolute atomic E-state index is 0. The first-order valence-electron chi connectivity index (χ1n) is 0.651. The minimum Gasteiger partial charge on any atom is -0.450 e. The summed E-state index contributed by atoms with van der Waals surface area (Å²) in [5.41, 5.74) is 0. The zero-order valence-electron chi connectivity index (χ0n) is 4.80. The van der Waals surface area contributed by atoms with Crippen LogP contribution in [0.3, 0.4) is 0 Å². The van der Waals surface area contributed by atoms with Gasteiger partial charge in [0.05, 0.1) is 0 Å². The van der Waals surface area contributed by atoms with Gasteiger partial charge in [-0.2, -0.15) is 0 Å². The summed E-state index contributed by atoms with van der Waals surface area (Å²) in [6.45, 7) is 0. The summed E-state index contributed by atoms with van der Waals surface area (Å²) in [6.07, 6.45) is -1.83. The first-order chi connectivity index (χ1) is 1.73. The molecule has 12 N–H and O–H groups in total. The van der Waals surface area contributed by atoms with Crippen LogP contribution >= 0.6 is 0 Å². The van der Waals surface area contributed by atoms with Gasteiger partial charge >= 0.3 is 6.16 Å². The van der Waals surface area contributed by atoms with E-state index in [1.165, 1.54) is 0 Å². The Kier molecular flexibility index (Phi) is 445. The Labute approximate surface area is 89.8 Å². The van der Waals surface area contributed by atoms with Gasteiger partial charge in [-0.1, -0.05) is 0 Å². The summed E-state index contributed by atoms with van der Waals surface area (Å²) in [6, 6.07) is 0. The van der Waals surface area contributed by atoms with Crippen LogP contribution in [-0.2, 0) is 0 Å². The zero-order valence-corrected chi connectivity index (χ0v) is 7.94. The molecule has 0 amide bonds. The molecule has 0 fully saturated rings. The van der Waals surface area contributed by atoms with E-state index < -0.39 is 6.16 Å². The van der Waals surface area contributed by atoms with Gasteiger partial charge in [0.15, 0.2) is 0 Å². The zero-order chi connectivity index (χ0) is 3.58. The Balaban J connectivity index is -0.00000000300. The fraction of sp³-hybridized carbons (Fsp3) is 0. The van der Waals surface area contributed by atoms with E-state index in [2.05, 4.69) is 0 Å². The molecule has 10 heavy (non-hydrogen) atoms. The Morgan fingerprint density at radius 2 is 0.800 bits per heavy atom. The first-order valence-corrected chi connectivity index (χ1v) is 0.651. The molecule has 0 spiro atoms. The first kappa shape index (κ1) is 78.5. The standard InChI is InChI=1S/CH2O3.Ce.5H2O/c2-1(3)4;;;;;;/h(H2,2,3,4);;5*1H2. The Morgan fingerprint density at radius 1 is 0.800 bits per heavy atom. The molecule has 0 aliphatic carbocycles. The molecule has 0 aliphatic rings. The van der Waals surface area contributed by atoms with Crippen LogP contribution in [0.1, 0.15) is 0 Å². The summed E-state index contributed by atoms with van der Waals surface area (Å²) >= 11 is 0. The van der Waals surface area contributed by atoms with Crippen LogP contribution in [0.2, 0.25) is 0 Å². The number of hydrogen-bond donors (Lipinski definition) is 2. The average molecular weight is 292 g/mol. The van der Waals surface area contributed by atoms with Gasteiger partial charge in [-0.15, -0.1) is 0 Å². The quantitative estimate of drug-likeness (QED) is 0.458. The molecule has 0 heterocycles. The molecule has 8 nitrogen and oxygen atoms in total. The van der Waals surface area contributed by atoms with Crippen molar-refractivity contribution in [3.8, 4) is 0 Å². The summed E-state index contributed by atoms with van der Waals surface area (Å²) < 4.78 is 0. The van der Waals surface area contributed by atoms with Crippen molar-refractivity contribution < 1.29 is 84.1 Å². The maximum atomic E-state index is 8.56. The van der Waals surface area contributed by atoms with E-state index in [0.717, 1.165) is 0 Å². The molecule has 0 radical (unpaired) electrons. The third-order valence-corrected chi connectivity index (χ3v) is 0. The molecule has 0 aromatic heterocycles. The monoisotopic (exact) mass is 292 g/mol. The molecule has 0 aromatic carbocycles. The summed E-state index contributed by atoms with van der Waals surface area (Å²) in [5, 5.41) is 13.9. The van der Waals surface area contributed by atoms with Gasteiger partial charge in [0.2, 0.25) is 0 Å². The fourth-order valence-electron chi connectivity index (χ4n) is 0. The second kappa shape index (κ2) is 56.7. The molecule has 0 atom stereocenters.